The van der Waals surface area contributed by atoms with Crippen LogP contribution in [0, 0.1) is 0 Å². The lowest BCUT2D eigenvalue weighted by molar-refractivity contribution is -0.166. The van der Waals surface area contributed by atoms with Crippen molar-refractivity contribution in [1.82, 2.24) is 0 Å². The Hall–Kier alpha value is -4.97. The minimum atomic E-state index is -0.850. The van der Waals surface area contributed by atoms with Crippen molar-refractivity contribution >= 4 is 17.9 Å². The van der Waals surface area contributed by atoms with Crippen molar-refractivity contribution in [3.63, 3.8) is 0 Å². The molecule has 0 fully saturated rings. The van der Waals surface area contributed by atoms with Crippen LogP contribution in [0.4, 0.5) is 0 Å². The van der Waals surface area contributed by atoms with Gasteiger partial charge in [-0.15, -0.1) is 0 Å². The zero-order valence-electron chi connectivity index (χ0n) is 41.6. The maximum absolute atomic E-state index is 12.8. The molecule has 0 aliphatic carbocycles. The first-order valence-electron chi connectivity index (χ1n) is 25.6. The van der Waals surface area contributed by atoms with Crippen LogP contribution in [0.3, 0.4) is 0 Å². The maximum Gasteiger partial charge on any atom is 0.306 e. The summed E-state index contributed by atoms with van der Waals surface area (Å²) < 4.78 is 16.7. The molecule has 66 heavy (non-hydrogen) atoms. The third-order valence-corrected chi connectivity index (χ3v) is 9.96. The van der Waals surface area contributed by atoms with Gasteiger partial charge in [0, 0.05) is 19.3 Å². The van der Waals surface area contributed by atoms with E-state index in [1.165, 1.54) is 38.5 Å². The van der Waals surface area contributed by atoms with Crippen LogP contribution in [0.5, 0.6) is 0 Å². The van der Waals surface area contributed by atoms with Crippen LogP contribution in [-0.4, -0.2) is 37.2 Å². The summed E-state index contributed by atoms with van der Waals surface area (Å²) in [5.41, 5.74) is 0. The molecule has 0 aromatic rings. The molecule has 0 saturated carbocycles. The number of esters is 3. The van der Waals surface area contributed by atoms with Crippen LogP contribution >= 0.6 is 0 Å². The van der Waals surface area contributed by atoms with E-state index in [4.69, 9.17) is 14.2 Å². The van der Waals surface area contributed by atoms with Crippen LogP contribution in [0.1, 0.15) is 181 Å². The van der Waals surface area contributed by atoms with Gasteiger partial charge in [0.15, 0.2) is 6.10 Å². The second kappa shape index (κ2) is 52.7. The fraction of sp³-hybridized carbons (Fsp3) is 0.517. The molecule has 6 heteroatoms. The van der Waals surface area contributed by atoms with Crippen molar-refractivity contribution in [2.45, 2.75) is 187 Å². The highest BCUT2D eigenvalue weighted by Crippen LogP contribution is 2.11. The van der Waals surface area contributed by atoms with Crippen molar-refractivity contribution in [1.29, 1.82) is 0 Å². The molecule has 0 aliphatic heterocycles. The van der Waals surface area contributed by atoms with E-state index < -0.39 is 12.1 Å². The molecule has 0 aromatic carbocycles. The summed E-state index contributed by atoms with van der Waals surface area (Å²) in [6, 6.07) is 0. The third-order valence-electron chi connectivity index (χ3n) is 9.96. The van der Waals surface area contributed by atoms with E-state index in [2.05, 4.69) is 93.7 Å². The molecule has 0 heterocycles. The second-order valence-corrected chi connectivity index (χ2v) is 16.1. The molecule has 0 amide bonds. The SMILES string of the molecule is CC\C=C/C=C\C=C/C=C\C=C\C=C/C=C\CCCCCC(=O)OCC(COC(=O)CCCCC/C=C\CCCCCCCC)OC(=O)CC/C=C\C/C=C\C/C=C\C/C=C\C/C=C\CC. The molecule has 0 aliphatic rings. The lowest BCUT2D eigenvalue weighted by Gasteiger charge is -2.18. The first-order chi connectivity index (χ1) is 32.5. The Bertz CT molecular complexity index is 1560. The molecule has 1 unspecified atom stereocenters. The highest BCUT2D eigenvalue weighted by molar-refractivity contribution is 5.71. The zero-order valence-corrected chi connectivity index (χ0v) is 41.6. The van der Waals surface area contributed by atoms with Gasteiger partial charge in [0.1, 0.15) is 13.2 Å². The Labute approximate surface area is 403 Å². The van der Waals surface area contributed by atoms with Gasteiger partial charge in [-0.25, -0.2) is 0 Å². The van der Waals surface area contributed by atoms with Crippen molar-refractivity contribution in [3.8, 4) is 0 Å². The van der Waals surface area contributed by atoms with E-state index in [0.29, 0.717) is 19.3 Å². The lowest BCUT2D eigenvalue weighted by atomic mass is 10.1. The van der Waals surface area contributed by atoms with Crippen LogP contribution in [-0.2, 0) is 28.6 Å². The average molecular weight is 907 g/mol. The molecule has 0 spiro atoms. The molecule has 6 nitrogen and oxygen atoms in total. The summed E-state index contributed by atoms with van der Waals surface area (Å²) in [5, 5.41) is 0. The number of carbonyl (C=O) groups is 3. The summed E-state index contributed by atoms with van der Waals surface area (Å²) in [6.07, 6.45) is 76.6. The van der Waals surface area contributed by atoms with Gasteiger partial charge in [-0.2, -0.15) is 0 Å². The minimum Gasteiger partial charge on any atom is -0.462 e. The molecule has 1 atom stereocenters. The maximum atomic E-state index is 12.8. The molecule has 0 bridgehead atoms. The fourth-order valence-electron chi connectivity index (χ4n) is 6.17. The number of allylic oxidation sites excluding steroid dienone is 26. The van der Waals surface area contributed by atoms with Crippen LogP contribution in [0.25, 0.3) is 0 Å². The van der Waals surface area contributed by atoms with Crippen molar-refractivity contribution < 1.29 is 28.6 Å². The highest BCUT2D eigenvalue weighted by Gasteiger charge is 2.19. The third kappa shape index (κ3) is 50.0. The molecular weight excluding hydrogens is 817 g/mol. The van der Waals surface area contributed by atoms with Gasteiger partial charge in [-0.05, 0) is 96.3 Å². The number of hydrogen-bond acceptors (Lipinski definition) is 6. The minimum absolute atomic E-state index is 0.138. The summed E-state index contributed by atoms with van der Waals surface area (Å²) in [6.45, 7) is 6.22. The number of carbonyl (C=O) groups excluding carboxylic acids is 3. The molecule has 0 aromatic heterocycles. The van der Waals surface area contributed by atoms with Gasteiger partial charge in [0.2, 0.25) is 0 Å². The van der Waals surface area contributed by atoms with Gasteiger partial charge in [0.05, 0.1) is 0 Å². The number of rotatable bonds is 43. The molecule has 0 radical (unpaired) electrons. The summed E-state index contributed by atoms with van der Waals surface area (Å²) in [5.74, 6) is -1.10. The zero-order chi connectivity index (χ0) is 47.9. The molecular formula is C60H90O6. The van der Waals surface area contributed by atoms with E-state index in [9.17, 15) is 14.4 Å². The summed E-state index contributed by atoms with van der Waals surface area (Å²) >= 11 is 0. The topological polar surface area (TPSA) is 78.9 Å². The summed E-state index contributed by atoms with van der Waals surface area (Å²) in [4.78, 5) is 37.9. The Morgan fingerprint density at radius 3 is 1.17 bits per heavy atom. The second-order valence-electron chi connectivity index (χ2n) is 16.1. The van der Waals surface area contributed by atoms with Crippen molar-refractivity contribution in [3.05, 3.63) is 158 Å². The van der Waals surface area contributed by atoms with E-state index in [1.54, 1.807) is 0 Å². The number of unbranched alkanes of at least 4 members (excludes halogenated alkanes) is 12. The Morgan fingerprint density at radius 2 is 0.697 bits per heavy atom. The Balaban J connectivity index is 4.66. The van der Waals surface area contributed by atoms with E-state index in [1.807, 2.05) is 85.1 Å². The summed E-state index contributed by atoms with van der Waals surface area (Å²) in [7, 11) is 0. The van der Waals surface area contributed by atoms with E-state index in [-0.39, 0.29) is 38.0 Å². The van der Waals surface area contributed by atoms with Crippen LogP contribution in [0.15, 0.2) is 158 Å². The Morgan fingerprint density at radius 1 is 0.333 bits per heavy atom. The first-order valence-corrected chi connectivity index (χ1v) is 25.6. The van der Waals surface area contributed by atoms with Crippen molar-refractivity contribution in [2.75, 3.05) is 13.2 Å². The molecule has 366 valence electrons. The predicted molar refractivity (Wildman–Crippen MR) is 283 cm³/mol. The van der Waals surface area contributed by atoms with Gasteiger partial charge in [-0.3, -0.25) is 14.4 Å². The normalized spacial score (nSPS) is 13.4. The van der Waals surface area contributed by atoms with Gasteiger partial charge in [-0.1, -0.05) is 224 Å². The quantitative estimate of drug-likeness (QED) is 0.0199. The molecule has 0 saturated heterocycles. The van der Waals surface area contributed by atoms with Crippen molar-refractivity contribution in [2.24, 2.45) is 0 Å². The van der Waals surface area contributed by atoms with Gasteiger partial charge < -0.3 is 14.2 Å². The molecule has 0 N–H and O–H groups in total. The van der Waals surface area contributed by atoms with Gasteiger partial charge in [0.25, 0.3) is 0 Å². The lowest BCUT2D eigenvalue weighted by Crippen LogP contribution is -2.30. The first kappa shape index (κ1) is 61.0. The van der Waals surface area contributed by atoms with Crippen LogP contribution < -0.4 is 0 Å². The highest BCUT2D eigenvalue weighted by atomic mass is 16.6. The molecule has 0 rings (SSSR count). The number of hydrogen-bond donors (Lipinski definition) is 0. The number of ether oxygens (including phenoxy) is 3. The van der Waals surface area contributed by atoms with Crippen LogP contribution in [0.2, 0.25) is 0 Å². The standard InChI is InChI=1S/C60H90O6/c1-4-7-10-13-16-19-22-25-27-29-30-31-33-35-38-41-44-47-50-53-59(62)65-56-57(55-64-58(61)52-49-46-43-40-37-34-24-21-18-15-12-9-6-3)66-60(63)54-51-48-45-42-39-36-32-28-26-23-20-17-14-11-8-5-2/h7-8,10-11,13,16-17,19-20,22,25-31,33-39,45,48,57H,4-6,9,12,14-15,18,21,23-24,32,40-44,46-47,49-56H2,1-3H3/b10-7-,11-8-,16-13-,20-17-,22-19-,27-25-,28-26-,30-29+,33-31-,37-34-,38-35-,39-36-,48-45-. The average Bonchev–Trinajstić information content (AvgIpc) is 3.31. The largest absolute Gasteiger partial charge is 0.462 e. The smallest absolute Gasteiger partial charge is 0.306 e. The van der Waals surface area contributed by atoms with Gasteiger partial charge >= 0.3 is 17.9 Å². The Kier molecular flexibility index (Phi) is 48.7. The monoisotopic (exact) mass is 907 g/mol. The predicted octanol–water partition coefficient (Wildman–Crippen LogP) is 17.0. The van der Waals surface area contributed by atoms with E-state index in [0.717, 1.165) is 89.9 Å². The fourth-order valence-corrected chi connectivity index (χ4v) is 6.17. The van der Waals surface area contributed by atoms with E-state index >= 15 is 0 Å².